The highest BCUT2D eigenvalue weighted by Gasteiger charge is 2.08. The van der Waals surface area contributed by atoms with Crippen molar-refractivity contribution >= 4 is 52.5 Å². The minimum absolute atomic E-state index is 0.0579. The van der Waals surface area contributed by atoms with Gasteiger partial charge in [-0.2, -0.15) is 0 Å². The smallest absolute Gasteiger partial charge is 0.313 e. The molecule has 0 radical (unpaired) electrons. The number of hydrogen-bond donors (Lipinski definition) is 1. The SMILES string of the molecule is O=C(O)CSc1cc(Cl)c(Cl)cc1Cl. The van der Waals surface area contributed by atoms with Crippen LogP contribution in [0.15, 0.2) is 17.0 Å². The number of carbonyl (C=O) groups is 1. The van der Waals surface area contributed by atoms with Crippen LogP contribution < -0.4 is 0 Å². The molecule has 0 saturated carbocycles. The maximum atomic E-state index is 10.3. The Hall–Kier alpha value is -0.0900. The number of aliphatic carboxylic acids is 1. The molecule has 2 nitrogen and oxygen atoms in total. The maximum absolute atomic E-state index is 10.3. The second-order valence-corrected chi connectivity index (χ2v) is 4.62. The van der Waals surface area contributed by atoms with Crippen LogP contribution >= 0.6 is 46.6 Å². The molecule has 0 saturated heterocycles. The van der Waals surface area contributed by atoms with Crippen molar-refractivity contribution in [2.45, 2.75) is 4.90 Å². The molecule has 0 aliphatic heterocycles. The second-order valence-electron chi connectivity index (χ2n) is 2.38. The zero-order valence-corrected chi connectivity index (χ0v) is 9.84. The van der Waals surface area contributed by atoms with E-state index < -0.39 is 5.97 Å². The number of halogens is 3. The quantitative estimate of drug-likeness (QED) is 0.671. The van der Waals surface area contributed by atoms with Crippen LogP contribution in [0.5, 0.6) is 0 Å². The summed E-state index contributed by atoms with van der Waals surface area (Å²) in [6.45, 7) is 0. The lowest BCUT2D eigenvalue weighted by atomic mass is 10.4. The summed E-state index contributed by atoms with van der Waals surface area (Å²) in [5.41, 5.74) is 0. The predicted octanol–water partition coefficient (Wildman–Crippen LogP) is 3.82. The summed E-state index contributed by atoms with van der Waals surface area (Å²) in [6, 6.07) is 3.05. The van der Waals surface area contributed by atoms with E-state index in [1.807, 2.05) is 0 Å². The number of carboxylic acids is 1. The Labute approximate surface area is 100 Å². The van der Waals surface area contributed by atoms with Gasteiger partial charge in [-0.3, -0.25) is 4.79 Å². The molecule has 76 valence electrons. The second kappa shape index (κ2) is 5.12. The first kappa shape index (κ1) is 12.0. The average molecular weight is 272 g/mol. The van der Waals surface area contributed by atoms with E-state index in [1.165, 1.54) is 6.07 Å². The number of thioether (sulfide) groups is 1. The lowest BCUT2D eigenvalue weighted by Gasteiger charge is -2.04. The molecule has 0 unspecified atom stereocenters. The number of carboxylic acid groups (broad SMARTS) is 1. The molecule has 0 amide bonds. The molecule has 6 heteroatoms. The molecule has 1 N–H and O–H groups in total. The molecule has 14 heavy (non-hydrogen) atoms. The molecular weight excluding hydrogens is 267 g/mol. The number of benzene rings is 1. The van der Waals surface area contributed by atoms with E-state index in [2.05, 4.69) is 0 Å². The third kappa shape index (κ3) is 3.24. The molecule has 0 atom stereocenters. The zero-order valence-electron chi connectivity index (χ0n) is 6.76. The third-order valence-electron chi connectivity index (χ3n) is 1.33. The van der Waals surface area contributed by atoms with E-state index in [-0.39, 0.29) is 5.75 Å². The zero-order chi connectivity index (χ0) is 10.7. The molecule has 0 aliphatic carbocycles. The molecule has 0 bridgehead atoms. The minimum atomic E-state index is -0.905. The lowest BCUT2D eigenvalue weighted by molar-refractivity contribution is -0.133. The lowest BCUT2D eigenvalue weighted by Crippen LogP contribution is -1.97. The van der Waals surface area contributed by atoms with Gasteiger partial charge in [-0.05, 0) is 12.1 Å². The highest BCUT2D eigenvalue weighted by molar-refractivity contribution is 8.00. The van der Waals surface area contributed by atoms with E-state index in [1.54, 1.807) is 6.07 Å². The topological polar surface area (TPSA) is 37.3 Å². The molecule has 0 heterocycles. The van der Waals surface area contributed by atoms with Gasteiger partial charge in [0.15, 0.2) is 0 Å². The Balaban J connectivity index is 2.87. The molecular formula is C8H5Cl3O2S. The Kier molecular flexibility index (Phi) is 4.38. The summed E-state index contributed by atoms with van der Waals surface area (Å²) in [7, 11) is 0. The van der Waals surface area contributed by atoms with E-state index in [4.69, 9.17) is 39.9 Å². The van der Waals surface area contributed by atoms with Crippen LogP contribution in [-0.2, 0) is 4.79 Å². The minimum Gasteiger partial charge on any atom is -0.481 e. The van der Waals surface area contributed by atoms with Crippen LogP contribution in [0.1, 0.15) is 0 Å². The highest BCUT2D eigenvalue weighted by atomic mass is 35.5. The Bertz CT molecular complexity index is 368. The Morgan fingerprint density at radius 1 is 1.21 bits per heavy atom. The van der Waals surface area contributed by atoms with Crippen molar-refractivity contribution in [2.75, 3.05) is 5.75 Å². The van der Waals surface area contributed by atoms with Crippen LogP contribution in [0.2, 0.25) is 15.1 Å². The molecule has 0 spiro atoms. The highest BCUT2D eigenvalue weighted by Crippen LogP contribution is 2.34. The van der Waals surface area contributed by atoms with Crippen molar-refractivity contribution in [3.05, 3.63) is 27.2 Å². The van der Waals surface area contributed by atoms with Gasteiger partial charge in [0, 0.05) is 4.90 Å². The fourth-order valence-electron chi connectivity index (χ4n) is 0.754. The van der Waals surface area contributed by atoms with Gasteiger partial charge in [0.2, 0.25) is 0 Å². The normalized spacial score (nSPS) is 10.2. The van der Waals surface area contributed by atoms with Crippen LogP contribution in [0.3, 0.4) is 0 Å². The van der Waals surface area contributed by atoms with E-state index in [0.29, 0.717) is 20.0 Å². The van der Waals surface area contributed by atoms with Gasteiger partial charge in [-0.15, -0.1) is 11.8 Å². The summed E-state index contributed by atoms with van der Waals surface area (Å²) in [5.74, 6) is -0.963. The monoisotopic (exact) mass is 270 g/mol. The van der Waals surface area contributed by atoms with Crippen molar-refractivity contribution in [1.82, 2.24) is 0 Å². The van der Waals surface area contributed by atoms with Crippen LogP contribution in [0.4, 0.5) is 0 Å². The molecule has 0 aliphatic rings. The standard InChI is InChI=1S/C8H5Cl3O2S/c9-4-1-6(11)7(2-5(4)10)14-3-8(12)13/h1-2H,3H2,(H,12,13). The largest absolute Gasteiger partial charge is 0.481 e. The van der Waals surface area contributed by atoms with Gasteiger partial charge in [0.25, 0.3) is 0 Å². The summed E-state index contributed by atoms with van der Waals surface area (Å²) in [4.78, 5) is 10.9. The van der Waals surface area contributed by atoms with Crippen molar-refractivity contribution in [3.8, 4) is 0 Å². The first-order valence-corrected chi connectivity index (χ1v) is 5.62. The van der Waals surface area contributed by atoms with Crippen molar-refractivity contribution < 1.29 is 9.90 Å². The fraction of sp³-hybridized carbons (Fsp3) is 0.125. The molecule has 1 rings (SSSR count). The average Bonchev–Trinajstić information content (AvgIpc) is 2.09. The molecule has 0 aromatic heterocycles. The van der Waals surface area contributed by atoms with Gasteiger partial charge in [0.05, 0.1) is 20.8 Å². The fourth-order valence-corrected chi connectivity index (χ4v) is 2.21. The van der Waals surface area contributed by atoms with Crippen molar-refractivity contribution in [3.63, 3.8) is 0 Å². The number of hydrogen-bond acceptors (Lipinski definition) is 2. The molecule has 1 aromatic rings. The van der Waals surface area contributed by atoms with Crippen molar-refractivity contribution in [2.24, 2.45) is 0 Å². The van der Waals surface area contributed by atoms with Crippen molar-refractivity contribution in [1.29, 1.82) is 0 Å². The van der Waals surface area contributed by atoms with E-state index >= 15 is 0 Å². The van der Waals surface area contributed by atoms with E-state index in [9.17, 15) is 4.79 Å². The summed E-state index contributed by atoms with van der Waals surface area (Å²) < 4.78 is 0. The van der Waals surface area contributed by atoms with Gasteiger partial charge in [-0.1, -0.05) is 34.8 Å². The first-order chi connectivity index (χ1) is 6.50. The van der Waals surface area contributed by atoms with Gasteiger partial charge in [0.1, 0.15) is 0 Å². The van der Waals surface area contributed by atoms with Gasteiger partial charge in [-0.25, -0.2) is 0 Å². The summed E-state index contributed by atoms with van der Waals surface area (Å²) in [5, 5.41) is 9.60. The maximum Gasteiger partial charge on any atom is 0.313 e. The van der Waals surface area contributed by atoms with Gasteiger partial charge >= 0.3 is 5.97 Å². The Morgan fingerprint density at radius 3 is 2.36 bits per heavy atom. The van der Waals surface area contributed by atoms with Crippen LogP contribution in [-0.4, -0.2) is 16.8 Å². The van der Waals surface area contributed by atoms with Gasteiger partial charge < -0.3 is 5.11 Å². The number of rotatable bonds is 3. The van der Waals surface area contributed by atoms with Crippen LogP contribution in [0, 0.1) is 0 Å². The third-order valence-corrected chi connectivity index (χ3v) is 3.51. The Morgan fingerprint density at radius 2 is 1.79 bits per heavy atom. The first-order valence-electron chi connectivity index (χ1n) is 3.50. The van der Waals surface area contributed by atoms with E-state index in [0.717, 1.165) is 11.8 Å². The molecule has 1 aromatic carbocycles. The summed E-state index contributed by atoms with van der Waals surface area (Å²) in [6.07, 6.45) is 0. The molecule has 0 fully saturated rings. The van der Waals surface area contributed by atoms with Crippen LogP contribution in [0.25, 0.3) is 0 Å². The predicted molar refractivity (Wildman–Crippen MR) is 59.8 cm³/mol. The summed E-state index contributed by atoms with van der Waals surface area (Å²) >= 11 is 18.4.